The number of hydrogen-bond donors (Lipinski definition) is 2. The van der Waals surface area contributed by atoms with E-state index in [-0.39, 0.29) is 5.91 Å². The van der Waals surface area contributed by atoms with Crippen molar-refractivity contribution in [3.8, 4) is 0 Å². The molecule has 0 unspecified atom stereocenters. The molecular formula is C22H29N5O. The Hall–Kier alpha value is -2.44. The van der Waals surface area contributed by atoms with Crippen LogP contribution in [0.4, 0.5) is 0 Å². The van der Waals surface area contributed by atoms with Crippen LogP contribution in [0.3, 0.4) is 0 Å². The number of nitrogens with one attached hydrogen (secondary N) is 2. The highest BCUT2D eigenvalue weighted by molar-refractivity contribution is 6.07. The molecule has 2 aromatic heterocycles. The number of H-pyrrole nitrogens is 1. The van der Waals surface area contributed by atoms with E-state index < -0.39 is 0 Å². The van der Waals surface area contributed by atoms with Crippen LogP contribution in [0.1, 0.15) is 29.5 Å². The summed E-state index contributed by atoms with van der Waals surface area (Å²) in [5, 5.41) is 5.13. The van der Waals surface area contributed by atoms with Gasteiger partial charge in [-0.2, -0.15) is 0 Å². The van der Waals surface area contributed by atoms with Gasteiger partial charge in [-0.05, 0) is 38.6 Å². The van der Waals surface area contributed by atoms with Gasteiger partial charge in [-0.3, -0.25) is 4.79 Å². The van der Waals surface area contributed by atoms with Crippen LogP contribution in [-0.4, -0.2) is 71.5 Å². The highest BCUT2D eigenvalue weighted by Crippen LogP contribution is 2.24. The van der Waals surface area contributed by atoms with Gasteiger partial charge in [-0.1, -0.05) is 25.1 Å². The number of rotatable bonds is 6. The van der Waals surface area contributed by atoms with Gasteiger partial charge in [0.1, 0.15) is 5.69 Å². The molecule has 3 heterocycles. The van der Waals surface area contributed by atoms with E-state index in [4.69, 9.17) is 0 Å². The van der Waals surface area contributed by atoms with Crippen LogP contribution in [0.25, 0.3) is 21.8 Å². The zero-order valence-corrected chi connectivity index (χ0v) is 16.8. The number of likely N-dealkylation sites (N-methyl/N-ethyl adjacent to an activating group) is 1. The Kier molecular flexibility index (Phi) is 5.59. The molecule has 1 aliphatic heterocycles. The number of aromatic amines is 1. The number of benzene rings is 1. The first kappa shape index (κ1) is 18.9. The molecular weight excluding hydrogens is 350 g/mol. The van der Waals surface area contributed by atoms with Crippen LogP contribution in [-0.2, 0) is 0 Å². The van der Waals surface area contributed by atoms with Crippen molar-refractivity contribution in [1.29, 1.82) is 0 Å². The molecule has 1 aromatic carbocycles. The van der Waals surface area contributed by atoms with Crippen LogP contribution in [0.2, 0.25) is 0 Å². The third-order valence-corrected chi connectivity index (χ3v) is 5.68. The molecule has 0 saturated carbocycles. The third kappa shape index (κ3) is 4.03. The zero-order valence-electron chi connectivity index (χ0n) is 16.8. The first-order valence-corrected chi connectivity index (χ1v) is 10.3. The Bertz CT molecular complexity index is 972. The van der Waals surface area contributed by atoms with Gasteiger partial charge in [0.25, 0.3) is 5.91 Å². The number of aromatic nitrogens is 2. The van der Waals surface area contributed by atoms with Crippen LogP contribution >= 0.6 is 0 Å². The first-order chi connectivity index (χ1) is 13.6. The number of piperazine rings is 1. The molecule has 1 amide bonds. The Morgan fingerprint density at radius 2 is 1.82 bits per heavy atom. The maximum atomic E-state index is 12.5. The topological polar surface area (TPSA) is 64.3 Å². The number of pyridine rings is 1. The molecule has 3 aromatic rings. The van der Waals surface area contributed by atoms with Crippen molar-refractivity contribution in [2.45, 2.75) is 20.3 Å². The fourth-order valence-corrected chi connectivity index (χ4v) is 3.92. The average Bonchev–Trinajstić information content (AvgIpc) is 3.16. The number of carbonyl (C=O) groups is 1. The lowest BCUT2D eigenvalue weighted by Gasteiger charge is -2.33. The predicted octanol–water partition coefficient (Wildman–Crippen LogP) is 2.78. The summed E-state index contributed by atoms with van der Waals surface area (Å²) in [6.07, 6.45) is 0.966. The van der Waals surface area contributed by atoms with E-state index in [9.17, 15) is 4.79 Å². The molecule has 1 aliphatic rings. The van der Waals surface area contributed by atoms with E-state index in [0.717, 1.165) is 73.2 Å². The Morgan fingerprint density at radius 3 is 2.61 bits per heavy atom. The van der Waals surface area contributed by atoms with Crippen LogP contribution in [0.15, 0.2) is 30.3 Å². The summed E-state index contributed by atoms with van der Waals surface area (Å²) in [4.78, 5) is 25.5. The van der Waals surface area contributed by atoms with Gasteiger partial charge in [0.15, 0.2) is 0 Å². The van der Waals surface area contributed by atoms with Crippen molar-refractivity contribution in [3.63, 3.8) is 0 Å². The Labute approximate surface area is 165 Å². The minimum absolute atomic E-state index is 0.0900. The van der Waals surface area contributed by atoms with E-state index in [1.165, 1.54) is 0 Å². The van der Waals surface area contributed by atoms with Gasteiger partial charge >= 0.3 is 0 Å². The molecule has 4 rings (SSSR count). The summed E-state index contributed by atoms with van der Waals surface area (Å²) in [7, 11) is 0. The number of aryl methyl sites for hydroxylation is 1. The van der Waals surface area contributed by atoms with Crippen molar-refractivity contribution < 1.29 is 4.79 Å². The summed E-state index contributed by atoms with van der Waals surface area (Å²) in [6, 6.07) is 10.1. The molecule has 0 atom stereocenters. The van der Waals surface area contributed by atoms with Gasteiger partial charge < -0.3 is 20.1 Å². The van der Waals surface area contributed by atoms with Crippen molar-refractivity contribution in [1.82, 2.24) is 25.1 Å². The molecule has 1 saturated heterocycles. The van der Waals surface area contributed by atoms with Crippen molar-refractivity contribution >= 4 is 27.7 Å². The van der Waals surface area contributed by atoms with E-state index in [0.29, 0.717) is 12.2 Å². The second-order valence-corrected chi connectivity index (χ2v) is 7.64. The van der Waals surface area contributed by atoms with Crippen LogP contribution < -0.4 is 5.32 Å². The molecule has 0 spiro atoms. The van der Waals surface area contributed by atoms with E-state index in [1.54, 1.807) is 0 Å². The standard InChI is InChI=1S/C22H29N5O/c1-3-26-11-13-27(14-12-26)10-4-9-23-22(28)19-15-18-8-7-17-6-5-16(2)24-20(17)21(18)25-19/h5-8,15,24H,3-4,9-14H2,1-2H3,(H,23,28). The quantitative estimate of drug-likeness (QED) is 0.647. The number of carbonyl (C=O) groups excluding carboxylic acids is 1. The molecule has 2 N–H and O–H groups in total. The molecule has 6 nitrogen and oxygen atoms in total. The summed E-state index contributed by atoms with van der Waals surface area (Å²) in [6.45, 7) is 11.6. The predicted molar refractivity (Wildman–Crippen MR) is 114 cm³/mol. The highest BCUT2D eigenvalue weighted by Gasteiger charge is 2.16. The maximum absolute atomic E-state index is 12.5. The SMILES string of the molecule is CCN1CCN(CCCNC(=O)c2cc3ccc4ccc(C)[nH]c4c3n2)CC1. The minimum Gasteiger partial charge on any atom is -0.357 e. The molecule has 148 valence electrons. The van der Waals surface area contributed by atoms with E-state index in [1.807, 2.05) is 25.1 Å². The summed E-state index contributed by atoms with van der Waals surface area (Å²) in [5.41, 5.74) is 3.42. The fraction of sp³-hybridized carbons (Fsp3) is 0.455. The maximum Gasteiger partial charge on any atom is 0.269 e. The number of amides is 1. The normalized spacial score (nSPS) is 16.1. The van der Waals surface area contributed by atoms with Crippen LogP contribution in [0, 0.1) is 6.92 Å². The molecule has 0 radical (unpaired) electrons. The van der Waals surface area contributed by atoms with Crippen molar-refractivity contribution in [3.05, 3.63) is 41.7 Å². The highest BCUT2D eigenvalue weighted by atomic mass is 16.1. The fourth-order valence-electron chi connectivity index (χ4n) is 3.92. The summed E-state index contributed by atoms with van der Waals surface area (Å²) in [5.74, 6) is -0.0900. The monoisotopic (exact) mass is 379 g/mol. The van der Waals surface area contributed by atoms with Gasteiger partial charge in [0.2, 0.25) is 0 Å². The molecule has 0 aliphatic carbocycles. The second-order valence-electron chi connectivity index (χ2n) is 7.64. The van der Waals surface area contributed by atoms with Gasteiger partial charge in [0, 0.05) is 49.2 Å². The average molecular weight is 380 g/mol. The second kappa shape index (κ2) is 8.29. The number of hydrogen-bond acceptors (Lipinski definition) is 4. The molecule has 0 bridgehead atoms. The summed E-state index contributed by atoms with van der Waals surface area (Å²) < 4.78 is 0. The number of fused-ring (bicyclic) bond motifs is 3. The van der Waals surface area contributed by atoms with E-state index >= 15 is 0 Å². The van der Waals surface area contributed by atoms with Crippen molar-refractivity contribution in [2.75, 3.05) is 45.8 Å². The molecule has 1 fully saturated rings. The minimum atomic E-state index is -0.0900. The molecule has 28 heavy (non-hydrogen) atoms. The zero-order chi connectivity index (χ0) is 19.5. The summed E-state index contributed by atoms with van der Waals surface area (Å²) >= 11 is 0. The largest absolute Gasteiger partial charge is 0.357 e. The Balaban J connectivity index is 1.34. The van der Waals surface area contributed by atoms with Crippen LogP contribution in [0.5, 0.6) is 0 Å². The molecule has 6 heteroatoms. The lowest BCUT2D eigenvalue weighted by atomic mass is 10.1. The lowest BCUT2D eigenvalue weighted by Crippen LogP contribution is -2.46. The number of nitrogens with zero attached hydrogens (tertiary/aromatic N) is 3. The van der Waals surface area contributed by atoms with Gasteiger partial charge in [-0.15, -0.1) is 0 Å². The van der Waals surface area contributed by atoms with Crippen molar-refractivity contribution in [2.24, 2.45) is 0 Å². The first-order valence-electron chi connectivity index (χ1n) is 10.3. The van der Waals surface area contributed by atoms with E-state index in [2.05, 4.69) is 44.1 Å². The smallest absolute Gasteiger partial charge is 0.269 e. The van der Waals surface area contributed by atoms with Gasteiger partial charge in [0.05, 0.1) is 11.0 Å². The Morgan fingerprint density at radius 1 is 1.11 bits per heavy atom. The third-order valence-electron chi connectivity index (χ3n) is 5.68. The van der Waals surface area contributed by atoms with Gasteiger partial charge in [-0.25, -0.2) is 4.98 Å². The lowest BCUT2D eigenvalue weighted by molar-refractivity contribution is 0.0944.